The van der Waals surface area contributed by atoms with Gasteiger partial charge in [0.2, 0.25) is 5.91 Å². The van der Waals surface area contributed by atoms with Gasteiger partial charge in [0.25, 0.3) is 0 Å². The topological polar surface area (TPSA) is 29.1 Å². The highest BCUT2D eigenvalue weighted by molar-refractivity contribution is 14.1. The molecule has 0 radical (unpaired) electrons. The molecule has 2 nitrogen and oxygen atoms in total. The maximum absolute atomic E-state index is 13.2. The zero-order chi connectivity index (χ0) is 21.0. The summed E-state index contributed by atoms with van der Waals surface area (Å²) in [6, 6.07) is 24.8. The van der Waals surface area contributed by atoms with E-state index < -0.39 is 0 Å². The summed E-state index contributed by atoms with van der Waals surface area (Å²) in [6.45, 7) is 8.69. The van der Waals surface area contributed by atoms with Gasteiger partial charge in [0.1, 0.15) is 0 Å². The third kappa shape index (κ3) is 5.92. The van der Waals surface area contributed by atoms with Crippen LogP contribution in [0, 0.1) is 10.5 Å². The lowest BCUT2D eigenvalue weighted by Gasteiger charge is -2.22. The second-order valence-corrected chi connectivity index (χ2v) is 9.86. The Bertz CT molecular complexity index is 952. The molecule has 1 N–H and O–H groups in total. The maximum atomic E-state index is 13.2. The number of hydrogen-bond acceptors (Lipinski definition) is 1. The number of aryl methyl sites for hydroxylation is 1. The number of amides is 1. The normalized spacial score (nSPS) is 12.4. The number of anilines is 1. The summed E-state index contributed by atoms with van der Waals surface area (Å²) in [5, 5.41) is 3.10. The Morgan fingerprint density at radius 3 is 2.03 bits per heavy atom. The molecule has 150 valence electrons. The maximum Gasteiger partial charge on any atom is 0.232 e. The third-order valence-electron chi connectivity index (χ3n) is 5.17. The minimum absolute atomic E-state index is 0.0234. The zero-order valence-corrected chi connectivity index (χ0v) is 19.7. The average molecular weight is 497 g/mol. The van der Waals surface area contributed by atoms with E-state index in [1.165, 1.54) is 16.7 Å². The summed E-state index contributed by atoms with van der Waals surface area (Å²) in [5.41, 5.74) is 5.63. The van der Waals surface area contributed by atoms with Gasteiger partial charge in [-0.05, 0) is 82.3 Å². The Morgan fingerprint density at radius 1 is 0.897 bits per heavy atom. The Kier molecular flexibility index (Phi) is 6.78. The second-order valence-electron chi connectivity index (χ2n) is 8.61. The fourth-order valence-electron chi connectivity index (χ4n) is 3.30. The van der Waals surface area contributed by atoms with E-state index in [1.54, 1.807) is 0 Å². The van der Waals surface area contributed by atoms with E-state index in [-0.39, 0.29) is 17.2 Å². The van der Waals surface area contributed by atoms with Crippen molar-refractivity contribution in [3.05, 3.63) is 98.6 Å². The van der Waals surface area contributed by atoms with E-state index in [2.05, 4.69) is 104 Å². The van der Waals surface area contributed by atoms with E-state index in [0.29, 0.717) is 6.42 Å². The molecule has 1 atom stereocenters. The van der Waals surface area contributed by atoms with Crippen molar-refractivity contribution < 1.29 is 4.79 Å². The van der Waals surface area contributed by atoms with Crippen LogP contribution in [0.2, 0.25) is 0 Å². The first kappa shape index (κ1) is 21.6. The molecule has 0 aromatic heterocycles. The molecule has 0 saturated heterocycles. The van der Waals surface area contributed by atoms with Crippen LogP contribution >= 0.6 is 22.6 Å². The Morgan fingerprint density at radius 2 is 1.48 bits per heavy atom. The number of rotatable bonds is 5. The molecule has 1 unspecified atom stereocenters. The number of carbonyl (C=O) groups is 1. The van der Waals surface area contributed by atoms with Crippen LogP contribution in [0.15, 0.2) is 72.8 Å². The molecule has 0 aliphatic carbocycles. The number of carbonyl (C=O) groups excluding carboxylic acids is 1. The molecule has 3 heteroatoms. The van der Waals surface area contributed by atoms with Crippen molar-refractivity contribution in [2.75, 3.05) is 5.32 Å². The molecule has 0 heterocycles. The van der Waals surface area contributed by atoms with Crippen molar-refractivity contribution in [2.45, 2.75) is 45.4 Å². The lowest BCUT2D eigenvalue weighted by molar-refractivity contribution is -0.117. The molecule has 3 aromatic carbocycles. The SMILES string of the molecule is Cc1ccc(CC(C(=O)Nc2ccc(I)cc2)c2ccc(C(C)(C)C)cc2)cc1. The molecule has 3 aromatic rings. The predicted octanol–water partition coefficient (Wildman–Crippen LogP) is 6.86. The Hall–Kier alpha value is -2.14. The van der Waals surface area contributed by atoms with E-state index in [4.69, 9.17) is 0 Å². The third-order valence-corrected chi connectivity index (χ3v) is 5.89. The molecule has 1 amide bonds. The first-order chi connectivity index (χ1) is 13.7. The molecule has 0 bridgehead atoms. The van der Waals surface area contributed by atoms with Crippen LogP contribution < -0.4 is 5.32 Å². The minimum atomic E-state index is -0.244. The highest BCUT2D eigenvalue weighted by atomic mass is 127. The van der Waals surface area contributed by atoms with E-state index in [9.17, 15) is 4.79 Å². The van der Waals surface area contributed by atoms with E-state index in [0.717, 1.165) is 14.8 Å². The van der Waals surface area contributed by atoms with Gasteiger partial charge in [-0.2, -0.15) is 0 Å². The standard InChI is InChI=1S/C26H28INO/c1-18-5-7-19(8-6-18)17-24(20-9-11-21(12-10-20)26(2,3)4)25(29)28-23-15-13-22(27)14-16-23/h5-16,24H,17H2,1-4H3,(H,28,29). The summed E-state index contributed by atoms with van der Waals surface area (Å²) in [5.74, 6) is -0.221. The van der Waals surface area contributed by atoms with Gasteiger partial charge < -0.3 is 5.32 Å². The second kappa shape index (κ2) is 9.12. The molecule has 0 saturated carbocycles. The van der Waals surface area contributed by atoms with Crippen LogP contribution in [0.1, 0.15) is 48.9 Å². The molecule has 0 spiro atoms. The van der Waals surface area contributed by atoms with Crippen LogP contribution in [0.4, 0.5) is 5.69 Å². The molecular weight excluding hydrogens is 469 g/mol. The molecular formula is C26H28INO. The molecule has 0 aliphatic heterocycles. The highest BCUT2D eigenvalue weighted by Crippen LogP contribution is 2.28. The summed E-state index contributed by atoms with van der Waals surface area (Å²) >= 11 is 2.27. The number of halogens is 1. The van der Waals surface area contributed by atoms with Crippen molar-refractivity contribution in [2.24, 2.45) is 0 Å². The van der Waals surface area contributed by atoms with Crippen LogP contribution in [-0.4, -0.2) is 5.91 Å². The van der Waals surface area contributed by atoms with Crippen molar-refractivity contribution in [1.82, 2.24) is 0 Å². The van der Waals surface area contributed by atoms with Crippen molar-refractivity contribution in [3.8, 4) is 0 Å². The Labute approximate surface area is 187 Å². The van der Waals surface area contributed by atoms with Gasteiger partial charge in [0.05, 0.1) is 5.92 Å². The first-order valence-electron chi connectivity index (χ1n) is 9.95. The lowest BCUT2D eigenvalue weighted by Crippen LogP contribution is -2.23. The van der Waals surface area contributed by atoms with Gasteiger partial charge in [-0.3, -0.25) is 4.79 Å². The molecule has 0 aliphatic rings. The first-order valence-corrected chi connectivity index (χ1v) is 11.0. The number of nitrogens with one attached hydrogen (secondary N) is 1. The summed E-state index contributed by atoms with van der Waals surface area (Å²) < 4.78 is 1.15. The predicted molar refractivity (Wildman–Crippen MR) is 131 cm³/mol. The lowest BCUT2D eigenvalue weighted by atomic mass is 9.84. The smallest absolute Gasteiger partial charge is 0.232 e. The van der Waals surface area contributed by atoms with Crippen LogP contribution in [0.25, 0.3) is 0 Å². The molecule has 3 rings (SSSR count). The zero-order valence-electron chi connectivity index (χ0n) is 17.5. The highest BCUT2D eigenvalue weighted by Gasteiger charge is 2.22. The van der Waals surface area contributed by atoms with Gasteiger partial charge in [0.15, 0.2) is 0 Å². The fraction of sp³-hybridized carbons (Fsp3) is 0.269. The average Bonchev–Trinajstić information content (AvgIpc) is 2.68. The van der Waals surface area contributed by atoms with E-state index >= 15 is 0 Å². The van der Waals surface area contributed by atoms with Gasteiger partial charge in [-0.15, -0.1) is 0 Å². The quantitative estimate of drug-likeness (QED) is 0.384. The van der Waals surface area contributed by atoms with Crippen molar-refractivity contribution in [1.29, 1.82) is 0 Å². The van der Waals surface area contributed by atoms with Gasteiger partial charge in [0, 0.05) is 9.26 Å². The van der Waals surface area contributed by atoms with Crippen molar-refractivity contribution in [3.63, 3.8) is 0 Å². The van der Waals surface area contributed by atoms with Crippen molar-refractivity contribution >= 4 is 34.2 Å². The molecule has 0 fully saturated rings. The number of benzene rings is 3. The minimum Gasteiger partial charge on any atom is -0.326 e. The fourth-order valence-corrected chi connectivity index (χ4v) is 3.66. The van der Waals surface area contributed by atoms with Crippen LogP contribution in [0.5, 0.6) is 0 Å². The van der Waals surface area contributed by atoms with Gasteiger partial charge in [-0.1, -0.05) is 74.9 Å². The van der Waals surface area contributed by atoms with E-state index in [1.807, 2.05) is 24.3 Å². The summed E-state index contributed by atoms with van der Waals surface area (Å²) in [4.78, 5) is 13.2. The van der Waals surface area contributed by atoms with Gasteiger partial charge >= 0.3 is 0 Å². The number of hydrogen-bond donors (Lipinski definition) is 1. The summed E-state index contributed by atoms with van der Waals surface area (Å²) in [6.07, 6.45) is 0.672. The Balaban J connectivity index is 1.88. The van der Waals surface area contributed by atoms with Gasteiger partial charge in [-0.25, -0.2) is 0 Å². The monoisotopic (exact) mass is 497 g/mol. The summed E-state index contributed by atoms with van der Waals surface area (Å²) in [7, 11) is 0. The van der Waals surface area contributed by atoms with Crippen LogP contribution in [-0.2, 0) is 16.6 Å². The largest absolute Gasteiger partial charge is 0.326 e. The molecule has 29 heavy (non-hydrogen) atoms. The van der Waals surface area contributed by atoms with Crippen LogP contribution in [0.3, 0.4) is 0 Å².